The third-order valence-corrected chi connectivity index (χ3v) is 4.46. The highest BCUT2D eigenvalue weighted by atomic mass is 16.5. The lowest BCUT2D eigenvalue weighted by atomic mass is 9.97. The summed E-state index contributed by atoms with van der Waals surface area (Å²) in [6.45, 7) is 3.41. The van der Waals surface area contributed by atoms with Crippen LogP contribution < -0.4 is 5.73 Å². The van der Waals surface area contributed by atoms with Crippen molar-refractivity contribution in [3.8, 4) is 0 Å². The third-order valence-electron chi connectivity index (χ3n) is 4.46. The molecule has 4 atom stereocenters. The number of nitrogens with zero attached hydrogens (tertiary/aromatic N) is 1. The predicted octanol–water partition coefficient (Wildman–Crippen LogP) is 0.997. The molecule has 2 aliphatic rings. The number of hydrogen-bond acceptors (Lipinski definition) is 3. The fourth-order valence-corrected chi connectivity index (χ4v) is 3.28. The second-order valence-electron chi connectivity index (χ2n) is 5.41. The highest BCUT2D eigenvalue weighted by Gasteiger charge is 2.38. The quantitative estimate of drug-likeness (QED) is 0.800. The smallest absolute Gasteiger partial charge is 0.228 e. The van der Waals surface area contributed by atoms with Crippen molar-refractivity contribution in [3.63, 3.8) is 0 Å². The van der Waals surface area contributed by atoms with E-state index >= 15 is 0 Å². The molecule has 0 aromatic heterocycles. The van der Waals surface area contributed by atoms with Crippen molar-refractivity contribution in [1.82, 2.24) is 4.90 Å². The zero-order chi connectivity index (χ0) is 12.4. The maximum atomic E-state index is 12.4. The fourth-order valence-electron chi connectivity index (χ4n) is 3.28. The van der Waals surface area contributed by atoms with Crippen LogP contribution in [-0.2, 0) is 9.53 Å². The summed E-state index contributed by atoms with van der Waals surface area (Å²) in [6, 6.07) is 0.347. The van der Waals surface area contributed by atoms with E-state index in [2.05, 4.69) is 0 Å². The number of amides is 1. The molecule has 1 saturated heterocycles. The Kier molecular flexibility index (Phi) is 4.05. The molecule has 0 aromatic rings. The summed E-state index contributed by atoms with van der Waals surface area (Å²) >= 11 is 0. The number of carbonyl (C=O) groups is 1. The van der Waals surface area contributed by atoms with E-state index in [1.54, 1.807) is 0 Å². The second kappa shape index (κ2) is 5.36. The van der Waals surface area contributed by atoms with Gasteiger partial charge in [0.25, 0.3) is 0 Å². The van der Waals surface area contributed by atoms with Gasteiger partial charge in [0, 0.05) is 19.7 Å². The van der Waals surface area contributed by atoms with Crippen LogP contribution in [0.1, 0.15) is 32.6 Å². The molecule has 0 bridgehead atoms. The maximum absolute atomic E-state index is 12.4. The van der Waals surface area contributed by atoms with Crippen LogP contribution in [0.15, 0.2) is 0 Å². The average Bonchev–Trinajstić information content (AvgIpc) is 2.95. The highest BCUT2D eigenvalue weighted by Crippen LogP contribution is 2.31. The van der Waals surface area contributed by atoms with E-state index in [0.29, 0.717) is 18.5 Å². The SMILES string of the molecule is CC1OCCC1C(=O)N(C)C1CCCC1CN. The Bertz CT molecular complexity index is 283. The maximum Gasteiger partial charge on any atom is 0.228 e. The van der Waals surface area contributed by atoms with Crippen molar-refractivity contribution >= 4 is 5.91 Å². The van der Waals surface area contributed by atoms with Crippen molar-refractivity contribution in [3.05, 3.63) is 0 Å². The summed E-state index contributed by atoms with van der Waals surface area (Å²) in [4.78, 5) is 14.4. The van der Waals surface area contributed by atoms with E-state index in [0.717, 1.165) is 25.9 Å². The Hall–Kier alpha value is -0.610. The van der Waals surface area contributed by atoms with Gasteiger partial charge in [0.2, 0.25) is 5.91 Å². The van der Waals surface area contributed by atoms with E-state index in [4.69, 9.17) is 10.5 Å². The number of ether oxygens (including phenoxy) is 1. The molecule has 0 spiro atoms. The summed E-state index contributed by atoms with van der Waals surface area (Å²) < 4.78 is 5.48. The molecule has 4 unspecified atom stereocenters. The Balaban J connectivity index is 1.99. The summed E-state index contributed by atoms with van der Waals surface area (Å²) in [5.74, 6) is 0.793. The fraction of sp³-hybridized carbons (Fsp3) is 0.923. The third kappa shape index (κ3) is 2.47. The summed E-state index contributed by atoms with van der Waals surface area (Å²) in [6.07, 6.45) is 4.40. The molecular weight excluding hydrogens is 216 g/mol. The molecule has 1 aliphatic heterocycles. The first-order valence-electron chi connectivity index (χ1n) is 6.73. The normalized spacial score (nSPS) is 37.4. The summed E-state index contributed by atoms with van der Waals surface area (Å²) in [7, 11) is 1.94. The number of hydrogen-bond donors (Lipinski definition) is 1. The van der Waals surface area contributed by atoms with Gasteiger partial charge in [-0.1, -0.05) is 6.42 Å². The van der Waals surface area contributed by atoms with Gasteiger partial charge in [0.05, 0.1) is 12.0 Å². The molecule has 1 heterocycles. The van der Waals surface area contributed by atoms with Gasteiger partial charge in [-0.25, -0.2) is 0 Å². The van der Waals surface area contributed by atoms with Crippen LogP contribution in [0, 0.1) is 11.8 Å². The topological polar surface area (TPSA) is 55.6 Å². The molecule has 2 N–H and O–H groups in total. The second-order valence-corrected chi connectivity index (χ2v) is 5.41. The first-order valence-corrected chi connectivity index (χ1v) is 6.73. The van der Waals surface area contributed by atoms with E-state index in [1.165, 1.54) is 6.42 Å². The zero-order valence-corrected chi connectivity index (χ0v) is 10.9. The Morgan fingerprint density at radius 2 is 2.18 bits per heavy atom. The minimum atomic E-state index is 0.0547. The van der Waals surface area contributed by atoms with E-state index in [-0.39, 0.29) is 17.9 Å². The van der Waals surface area contributed by atoms with Gasteiger partial charge in [0.1, 0.15) is 0 Å². The molecule has 1 amide bonds. The van der Waals surface area contributed by atoms with Gasteiger partial charge >= 0.3 is 0 Å². The van der Waals surface area contributed by atoms with Gasteiger partial charge < -0.3 is 15.4 Å². The average molecular weight is 240 g/mol. The molecule has 4 nitrogen and oxygen atoms in total. The molecule has 0 radical (unpaired) electrons. The monoisotopic (exact) mass is 240 g/mol. The van der Waals surface area contributed by atoms with Crippen LogP contribution in [0.2, 0.25) is 0 Å². The number of rotatable bonds is 3. The standard InChI is InChI=1S/C13H24N2O2/c1-9-11(6-7-17-9)13(16)15(2)12-5-3-4-10(12)8-14/h9-12H,3-8,14H2,1-2H3. The zero-order valence-electron chi connectivity index (χ0n) is 10.9. The molecular formula is C13H24N2O2. The summed E-state index contributed by atoms with van der Waals surface area (Å²) in [5, 5.41) is 0. The molecule has 2 rings (SSSR count). The predicted molar refractivity (Wildman–Crippen MR) is 66.5 cm³/mol. The van der Waals surface area contributed by atoms with E-state index < -0.39 is 0 Å². The minimum Gasteiger partial charge on any atom is -0.378 e. The molecule has 98 valence electrons. The summed E-state index contributed by atoms with van der Waals surface area (Å²) in [5.41, 5.74) is 5.78. The Morgan fingerprint density at radius 1 is 1.41 bits per heavy atom. The van der Waals surface area contributed by atoms with Gasteiger partial charge in [0.15, 0.2) is 0 Å². The van der Waals surface area contributed by atoms with Gasteiger partial charge in [-0.2, -0.15) is 0 Å². The first kappa shape index (κ1) is 12.8. The Labute approximate surface area is 103 Å². The van der Waals surface area contributed by atoms with E-state index in [9.17, 15) is 4.79 Å². The molecule has 17 heavy (non-hydrogen) atoms. The Morgan fingerprint density at radius 3 is 2.76 bits per heavy atom. The van der Waals surface area contributed by atoms with E-state index in [1.807, 2.05) is 18.9 Å². The lowest BCUT2D eigenvalue weighted by molar-refractivity contribution is -0.138. The van der Waals surface area contributed by atoms with Crippen molar-refractivity contribution in [2.45, 2.75) is 44.8 Å². The van der Waals surface area contributed by atoms with Crippen LogP contribution in [0.25, 0.3) is 0 Å². The lowest BCUT2D eigenvalue weighted by Crippen LogP contribution is -2.45. The van der Waals surface area contributed by atoms with Crippen molar-refractivity contribution in [2.75, 3.05) is 20.2 Å². The van der Waals surface area contributed by atoms with Crippen LogP contribution in [0.3, 0.4) is 0 Å². The molecule has 0 aromatic carbocycles. The van der Waals surface area contributed by atoms with Crippen LogP contribution >= 0.6 is 0 Å². The van der Waals surface area contributed by atoms with Gasteiger partial charge in [-0.05, 0) is 38.6 Å². The van der Waals surface area contributed by atoms with Crippen molar-refractivity contribution in [1.29, 1.82) is 0 Å². The van der Waals surface area contributed by atoms with Crippen LogP contribution in [0.5, 0.6) is 0 Å². The van der Waals surface area contributed by atoms with Gasteiger partial charge in [-0.3, -0.25) is 4.79 Å². The van der Waals surface area contributed by atoms with Crippen molar-refractivity contribution < 1.29 is 9.53 Å². The number of carbonyl (C=O) groups excluding carboxylic acids is 1. The van der Waals surface area contributed by atoms with Crippen molar-refractivity contribution in [2.24, 2.45) is 17.6 Å². The molecule has 1 aliphatic carbocycles. The van der Waals surface area contributed by atoms with Crippen LogP contribution in [-0.4, -0.2) is 43.2 Å². The molecule has 4 heteroatoms. The highest BCUT2D eigenvalue weighted by molar-refractivity contribution is 5.79. The largest absolute Gasteiger partial charge is 0.378 e. The molecule has 1 saturated carbocycles. The minimum absolute atomic E-state index is 0.0547. The molecule has 2 fully saturated rings. The first-order chi connectivity index (χ1) is 8.15. The van der Waals surface area contributed by atoms with Gasteiger partial charge in [-0.15, -0.1) is 0 Å². The lowest BCUT2D eigenvalue weighted by Gasteiger charge is -2.31. The van der Waals surface area contributed by atoms with Crippen LogP contribution in [0.4, 0.5) is 0 Å². The number of nitrogens with two attached hydrogens (primary N) is 1.